The molecular formula is C37H42ClN9O2. The molecule has 1 aliphatic carbocycles. The smallest absolute Gasteiger partial charge is 0.291 e. The maximum absolute atomic E-state index is 13.7. The summed E-state index contributed by atoms with van der Waals surface area (Å²) in [5.41, 5.74) is 6.11. The number of hydrogen-bond acceptors (Lipinski definition) is 7. The number of likely N-dealkylation sites (N-methyl/N-ethyl adjacent to an activating group) is 1. The van der Waals surface area contributed by atoms with E-state index in [2.05, 4.69) is 31.5 Å². The van der Waals surface area contributed by atoms with Crippen molar-refractivity contribution in [2.24, 2.45) is 20.0 Å². The lowest BCUT2D eigenvalue weighted by Crippen LogP contribution is -2.35. The zero-order valence-corrected chi connectivity index (χ0v) is 29.1. The highest BCUT2D eigenvalue weighted by molar-refractivity contribution is 6.36. The molecule has 11 nitrogen and oxygen atoms in total. The Kier molecular flexibility index (Phi) is 9.29. The molecule has 0 bridgehead atoms. The number of rotatable bonds is 7. The molecule has 4 heterocycles. The van der Waals surface area contributed by atoms with Crippen LogP contribution in [0.15, 0.2) is 36.4 Å². The van der Waals surface area contributed by atoms with Crippen molar-refractivity contribution in [3.8, 4) is 17.2 Å². The first kappa shape index (κ1) is 33.0. The minimum Gasteiger partial charge on any atom is -0.327 e. The third-order valence-electron chi connectivity index (χ3n) is 10.4. The first-order chi connectivity index (χ1) is 23.7. The third-order valence-corrected chi connectivity index (χ3v) is 10.8. The van der Waals surface area contributed by atoms with Crippen LogP contribution in [0.5, 0.6) is 0 Å². The fourth-order valence-electron chi connectivity index (χ4n) is 7.73. The lowest BCUT2D eigenvalue weighted by Gasteiger charge is -2.32. The topological polar surface area (TPSA) is 124 Å². The summed E-state index contributed by atoms with van der Waals surface area (Å²) in [7, 11) is 5.78. The van der Waals surface area contributed by atoms with Crippen molar-refractivity contribution in [1.29, 1.82) is 5.26 Å². The van der Waals surface area contributed by atoms with E-state index in [9.17, 15) is 14.9 Å². The van der Waals surface area contributed by atoms with Crippen molar-refractivity contribution in [2.45, 2.75) is 58.0 Å². The van der Waals surface area contributed by atoms with E-state index in [4.69, 9.17) is 16.6 Å². The lowest BCUT2D eigenvalue weighted by atomic mass is 9.88. The second kappa shape index (κ2) is 13.8. The van der Waals surface area contributed by atoms with Crippen molar-refractivity contribution >= 4 is 34.8 Å². The highest BCUT2D eigenvalue weighted by Crippen LogP contribution is 2.38. The van der Waals surface area contributed by atoms with Gasteiger partial charge in [-0.2, -0.15) is 5.26 Å². The molecule has 49 heavy (non-hydrogen) atoms. The number of amides is 2. The molecule has 2 N–H and O–H groups in total. The molecule has 254 valence electrons. The second-order valence-corrected chi connectivity index (χ2v) is 14.0. The van der Waals surface area contributed by atoms with Crippen molar-refractivity contribution in [3.05, 3.63) is 81.4 Å². The van der Waals surface area contributed by atoms with Gasteiger partial charge in [0.1, 0.15) is 6.07 Å². The van der Waals surface area contributed by atoms with E-state index in [1.165, 1.54) is 32.1 Å². The van der Waals surface area contributed by atoms with Crippen LogP contribution >= 0.6 is 11.6 Å². The maximum atomic E-state index is 13.7. The molecule has 7 rings (SSSR count). The number of aromatic nitrogens is 4. The van der Waals surface area contributed by atoms with Crippen LogP contribution in [-0.2, 0) is 40.0 Å². The van der Waals surface area contributed by atoms with E-state index in [1.807, 2.05) is 30.3 Å². The standard InChI is InChI=1S/C37H42ClN9O2/c1-44-17-15-31-29(21-44)40-35(45(31)2)37(49)43-28-14-8-12-25(33(28)38)24-11-7-13-27(26(24)19-39)42-36(48)34-41-30-22-47(18-16-32(30)46(34)3)20-23-9-5-4-6-10-23/h7-8,11-14,23H,4-6,9-10,15-18,20-22H2,1-3H3,(H,42,48)(H,43,49). The number of fused-ring (bicyclic) bond motifs is 2. The second-order valence-electron chi connectivity index (χ2n) is 13.7. The fourth-order valence-corrected chi connectivity index (χ4v) is 8.01. The van der Waals surface area contributed by atoms with Crippen LogP contribution in [0.2, 0.25) is 5.02 Å². The van der Waals surface area contributed by atoms with E-state index in [1.54, 1.807) is 36.4 Å². The van der Waals surface area contributed by atoms with E-state index in [0.717, 1.165) is 67.7 Å². The highest BCUT2D eigenvalue weighted by atomic mass is 35.5. The minimum atomic E-state index is -0.375. The van der Waals surface area contributed by atoms with Gasteiger partial charge in [-0.05, 0) is 37.9 Å². The number of benzene rings is 2. The Morgan fingerprint density at radius 2 is 1.43 bits per heavy atom. The summed E-state index contributed by atoms with van der Waals surface area (Å²) in [6.07, 6.45) is 8.27. The quantitative estimate of drug-likeness (QED) is 0.254. The van der Waals surface area contributed by atoms with Crippen LogP contribution in [0.1, 0.15) is 81.7 Å². The van der Waals surface area contributed by atoms with Crippen LogP contribution in [0.3, 0.4) is 0 Å². The molecule has 2 aromatic heterocycles. The molecule has 0 unspecified atom stereocenters. The molecule has 0 radical (unpaired) electrons. The number of anilines is 2. The molecule has 2 aromatic carbocycles. The SMILES string of the molecule is CN1CCc2c(nc(C(=O)Nc3cccc(-c4cccc(NC(=O)c5nc6c(n5C)CCN(CC5CCCCC5)C6)c4C#N)c3Cl)n2C)C1. The Morgan fingerprint density at radius 1 is 0.837 bits per heavy atom. The van der Waals surface area contributed by atoms with Gasteiger partial charge in [-0.25, -0.2) is 9.97 Å². The summed E-state index contributed by atoms with van der Waals surface area (Å²) in [5.74, 6) is 0.647. The van der Waals surface area contributed by atoms with Gasteiger partial charge in [0.15, 0.2) is 11.6 Å². The van der Waals surface area contributed by atoms with Crippen LogP contribution in [0.25, 0.3) is 11.1 Å². The number of nitrogens with one attached hydrogen (secondary N) is 2. The summed E-state index contributed by atoms with van der Waals surface area (Å²) in [4.78, 5) is 41.1. The van der Waals surface area contributed by atoms with Gasteiger partial charge in [-0.1, -0.05) is 55.1 Å². The molecule has 0 atom stereocenters. The molecule has 4 aromatic rings. The predicted octanol–water partition coefficient (Wildman–Crippen LogP) is 5.78. The number of nitrogens with zero attached hydrogens (tertiary/aromatic N) is 7. The number of halogens is 1. The molecule has 1 saturated carbocycles. The van der Waals surface area contributed by atoms with Gasteiger partial charge in [-0.3, -0.25) is 14.5 Å². The van der Waals surface area contributed by atoms with E-state index >= 15 is 0 Å². The Hall–Kier alpha value is -4.50. The zero-order chi connectivity index (χ0) is 34.2. The summed E-state index contributed by atoms with van der Waals surface area (Å²) in [6.45, 7) is 4.40. The van der Waals surface area contributed by atoms with Crippen LogP contribution < -0.4 is 10.6 Å². The number of carbonyl (C=O) groups excluding carboxylic acids is 2. The summed E-state index contributed by atoms with van der Waals surface area (Å²) in [6, 6.07) is 12.8. The van der Waals surface area contributed by atoms with Crippen LogP contribution in [0.4, 0.5) is 11.4 Å². The average Bonchev–Trinajstić information content (AvgIpc) is 3.61. The van der Waals surface area contributed by atoms with Crippen molar-refractivity contribution in [1.82, 2.24) is 28.9 Å². The van der Waals surface area contributed by atoms with Crippen molar-refractivity contribution in [3.63, 3.8) is 0 Å². The van der Waals surface area contributed by atoms with Gasteiger partial charge >= 0.3 is 0 Å². The maximum Gasteiger partial charge on any atom is 0.291 e. The highest BCUT2D eigenvalue weighted by Gasteiger charge is 2.28. The normalized spacial score (nSPS) is 16.9. The largest absolute Gasteiger partial charge is 0.327 e. The summed E-state index contributed by atoms with van der Waals surface area (Å²) in [5, 5.41) is 16.5. The fraction of sp³-hybridized carbons (Fsp3) is 0.432. The van der Waals surface area contributed by atoms with Gasteiger partial charge in [0, 0.05) is 82.2 Å². The number of hydrogen-bond donors (Lipinski definition) is 2. The predicted molar refractivity (Wildman–Crippen MR) is 190 cm³/mol. The Labute approximate surface area is 291 Å². The number of nitriles is 1. The van der Waals surface area contributed by atoms with E-state index < -0.39 is 0 Å². The number of carbonyl (C=O) groups is 2. The van der Waals surface area contributed by atoms with E-state index in [-0.39, 0.29) is 22.4 Å². The van der Waals surface area contributed by atoms with E-state index in [0.29, 0.717) is 40.7 Å². The summed E-state index contributed by atoms with van der Waals surface area (Å²) >= 11 is 6.91. The van der Waals surface area contributed by atoms with Gasteiger partial charge < -0.3 is 24.7 Å². The van der Waals surface area contributed by atoms with Crippen LogP contribution in [0, 0.1) is 17.2 Å². The first-order valence-electron chi connectivity index (χ1n) is 17.2. The molecule has 2 amide bonds. The van der Waals surface area contributed by atoms with Gasteiger partial charge in [0.25, 0.3) is 11.8 Å². The van der Waals surface area contributed by atoms with Crippen molar-refractivity contribution in [2.75, 3.05) is 37.3 Å². The zero-order valence-electron chi connectivity index (χ0n) is 28.4. The average molecular weight is 680 g/mol. The molecule has 3 aliphatic rings. The third kappa shape index (κ3) is 6.48. The van der Waals surface area contributed by atoms with Gasteiger partial charge in [0.2, 0.25) is 0 Å². The molecule has 0 saturated heterocycles. The molecular weight excluding hydrogens is 638 g/mol. The molecule has 2 aliphatic heterocycles. The molecule has 12 heteroatoms. The van der Waals surface area contributed by atoms with Crippen molar-refractivity contribution < 1.29 is 9.59 Å². The summed E-state index contributed by atoms with van der Waals surface area (Å²) < 4.78 is 3.73. The monoisotopic (exact) mass is 679 g/mol. The molecule has 1 fully saturated rings. The Bertz CT molecular complexity index is 1970. The number of imidazole rings is 2. The first-order valence-corrected chi connectivity index (χ1v) is 17.5. The molecule has 0 spiro atoms. The van der Waals surface area contributed by atoms with Gasteiger partial charge in [0.05, 0.1) is 33.3 Å². The Morgan fingerprint density at radius 3 is 2.10 bits per heavy atom. The van der Waals surface area contributed by atoms with Gasteiger partial charge in [-0.15, -0.1) is 0 Å². The minimum absolute atomic E-state index is 0.264. The Balaban J connectivity index is 1.10. The van der Waals surface area contributed by atoms with Crippen LogP contribution in [-0.4, -0.2) is 67.4 Å². The lowest BCUT2D eigenvalue weighted by molar-refractivity contribution is 0.100.